The van der Waals surface area contributed by atoms with E-state index in [1.165, 1.54) is 6.54 Å². The number of nitrogens with zero attached hydrogens (tertiary/aromatic N) is 1. The molecule has 0 N–H and O–H groups in total. The summed E-state index contributed by atoms with van der Waals surface area (Å²) < 4.78 is 18.4. The molecule has 0 aromatic heterocycles. The van der Waals surface area contributed by atoms with E-state index in [0.29, 0.717) is 19.8 Å². The van der Waals surface area contributed by atoms with Crippen LogP contribution < -0.4 is 0 Å². The summed E-state index contributed by atoms with van der Waals surface area (Å²) >= 11 is 0. The normalized spacial score (nSPS) is 12.6. The van der Waals surface area contributed by atoms with Crippen LogP contribution in [0.3, 0.4) is 0 Å². The summed E-state index contributed by atoms with van der Waals surface area (Å²) in [6, 6.07) is 0. The molecule has 0 amide bonds. The van der Waals surface area contributed by atoms with E-state index in [0.717, 1.165) is 0 Å². The van der Waals surface area contributed by atoms with Crippen LogP contribution in [0.1, 0.15) is 27.7 Å². The van der Waals surface area contributed by atoms with Gasteiger partial charge in [-0.1, -0.05) is 46.2 Å². The van der Waals surface area contributed by atoms with Gasteiger partial charge in [0, 0.05) is 19.8 Å². The second-order valence-corrected chi connectivity index (χ2v) is 18.5. The van der Waals surface area contributed by atoms with Gasteiger partial charge in [0.2, 0.25) is 0 Å². The summed E-state index contributed by atoms with van der Waals surface area (Å²) in [6.07, 6.45) is 0. The van der Waals surface area contributed by atoms with E-state index in [4.69, 9.17) is 13.3 Å². The van der Waals surface area contributed by atoms with Crippen molar-refractivity contribution in [1.82, 2.24) is 4.23 Å². The predicted octanol–water partition coefficient (Wildman–Crippen LogP) is 3.79. The topological polar surface area (TPSA) is 30.9 Å². The van der Waals surface area contributed by atoms with E-state index in [1.807, 2.05) is 20.8 Å². The summed E-state index contributed by atoms with van der Waals surface area (Å²) in [7, 11) is -3.79. The highest BCUT2D eigenvalue weighted by molar-refractivity contribution is 6.89. The zero-order chi connectivity index (χ0) is 17.1. The average Bonchev–Trinajstić information content (AvgIpc) is 2.27. The predicted molar refractivity (Wildman–Crippen MR) is 101 cm³/mol. The van der Waals surface area contributed by atoms with Crippen molar-refractivity contribution < 1.29 is 13.3 Å². The van der Waals surface area contributed by atoms with Crippen LogP contribution >= 0.6 is 0 Å². The minimum atomic E-state index is -1.73. The molecule has 4 nitrogen and oxygen atoms in total. The Labute approximate surface area is 137 Å². The Hall–Kier alpha value is 0.491. The Morgan fingerprint density at radius 3 is 1.05 bits per heavy atom. The first-order valence-electron chi connectivity index (χ1n) is 8.17. The van der Waals surface area contributed by atoms with Gasteiger partial charge in [-0.05, 0) is 27.3 Å². The van der Waals surface area contributed by atoms with Gasteiger partial charge in [-0.15, -0.1) is 0 Å². The van der Waals surface area contributed by atoms with E-state index < -0.39 is 26.0 Å². The molecule has 21 heavy (non-hydrogen) atoms. The summed E-state index contributed by atoms with van der Waals surface area (Å²) in [4.78, 5) is 0. The lowest BCUT2D eigenvalue weighted by Gasteiger charge is -2.42. The number of hydrogen-bond donors (Lipinski definition) is 0. The largest absolute Gasteiger partial charge is 0.484 e. The highest BCUT2D eigenvalue weighted by atomic mass is 28.4. The summed E-state index contributed by atoms with van der Waals surface area (Å²) in [5.74, 6) is 0. The van der Waals surface area contributed by atoms with Gasteiger partial charge in [0.25, 0.3) is 0 Å². The molecule has 0 heterocycles. The standard InChI is InChI=1S/C8H23NSi2.C6H16O3Si/c1-8-9(10(2,3)4)11(5,6)7;1-4-7-10(8-5-2)9-6-3/h8H2,1-7H3;10H,4-6H2,1-3H3. The lowest BCUT2D eigenvalue weighted by Crippen LogP contribution is -2.58. The van der Waals surface area contributed by atoms with Crippen LogP contribution in [-0.2, 0) is 13.3 Å². The molecule has 0 saturated carbocycles. The Kier molecular flexibility index (Phi) is 13.5. The molecule has 0 aliphatic rings. The van der Waals surface area contributed by atoms with Gasteiger partial charge < -0.3 is 17.5 Å². The molecule has 0 aromatic rings. The molecule has 0 bridgehead atoms. The molecule has 0 saturated heterocycles. The SMILES string of the molecule is CCN([Si](C)(C)C)[Si](C)(C)C.CCO[SiH](OCC)OCC. The average molecular weight is 354 g/mol. The van der Waals surface area contributed by atoms with Crippen molar-refractivity contribution in [1.29, 1.82) is 0 Å². The van der Waals surface area contributed by atoms with Gasteiger partial charge in [-0.3, -0.25) is 0 Å². The molecule has 7 heteroatoms. The summed E-state index contributed by atoms with van der Waals surface area (Å²) in [6.45, 7) is 26.0. The molecule has 130 valence electrons. The molecule has 0 atom stereocenters. The summed E-state index contributed by atoms with van der Waals surface area (Å²) in [5, 5.41) is 0. The maximum absolute atomic E-state index is 5.22. The van der Waals surface area contributed by atoms with Gasteiger partial charge in [-0.2, -0.15) is 0 Å². The highest BCUT2D eigenvalue weighted by Gasteiger charge is 2.32. The van der Waals surface area contributed by atoms with Crippen LogP contribution in [0.5, 0.6) is 0 Å². The van der Waals surface area contributed by atoms with Gasteiger partial charge in [-0.25, -0.2) is 0 Å². The van der Waals surface area contributed by atoms with Gasteiger partial charge in [0.1, 0.15) is 16.5 Å². The van der Waals surface area contributed by atoms with Crippen molar-refractivity contribution in [3.63, 3.8) is 0 Å². The minimum absolute atomic E-state index is 0.677. The van der Waals surface area contributed by atoms with Crippen molar-refractivity contribution in [3.05, 3.63) is 0 Å². The Bertz CT molecular complexity index is 214. The smallest absolute Gasteiger partial charge is 0.376 e. The van der Waals surface area contributed by atoms with E-state index >= 15 is 0 Å². The molecule has 0 aromatic carbocycles. The molecular formula is C14H39NO3Si3. The third-order valence-electron chi connectivity index (χ3n) is 2.84. The van der Waals surface area contributed by atoms with Crippen molar-refractivity contribution in [2.45, 2.75) is 67.0 Å². The molecule has 0 fully saturated rings. The fourth-order valence-electron chi connectivity index (χ4n) is 2.51. The Balaban J connectivity index is 0. The highest BCUT2D eigenvalue weighted by Crippen LogP contribution is 2.18. The lowest BCUT2D eigenvalue weighted by atomic mass is 10.8. The van der Waals surface area contributed by atoms with Gasteiger partial charge in [0.05, 0.1) is 0 Å². The fraction of sp³-hybridized carbons (Fsp3) is 1.00. The Morgan fingerprint density at radius 1 is 0.667 bits per heavy atom. The third kappa shape index (κ3) is 12.7. The van der Waals surface area contributed by atoms with Gasteiger partial charge in [0.15, 0.2) is 0 Å². The van der Waals surface area contributed by atoms with Crippen molar-refractivity contribution in [3.8, 4) is 0 Å². The summed E-state index contributed by atoms with van der Waals surface area (Å²) in [5.41, 5.74) is 0. The van der Waals surface area contributed by atoms with E-state index in [2.05, 4.69) is 50.4 Å². The Morgan fingerprint density at radius 2 is 0.952 bits per heavy atom. The lowest BCUT2D eigenvalue weighted by molar-refractivity contribution is 0.107. The van der Waals surface area contributed by atoms with Crippen LogP contribution in [0, 0.1) is 0 Å². The van der Waals surface area contributed by atoms with Crippen LogP contribution in [0.2, 0.25) is 39.3 Å². The molecule has 0 aliphatic heterocycles. The second kappa shape index (κ2) is 12.0. The minimum Gasteiger partial charge on any atom is -0.376 e. The molecule has 0 aliphatic carbocycles. The van der Waals surface area contributed by atoms with Crippen LogP contribution in [0.15, 0.2) is 0 Å². The zero-order valence-corrected chi connectivity index (χ0v) is 19.2. The fourth-order valence-corrected chi connectivity index (χ4v) is 13.6. The van der Waals surface area contributed by atoms with Gasteiger partial charge >= 0.3 is 9.53 Å². The zero-order valence-electron chi connectivity index (χ0n) is 16.1. The molecule has 0 spiro atoms. The maximum atomic E-state index is 5.22. The van der Waals surface area contributed by atoms with E-state index in [1.54, 1.807) is 0 Å². The second-order valence-electron chi connectivity index (χ2n) is 6.74. The molecule has 0 unspecified atom stereocenters. The van der Waals surface area contributed by atoms with Crippen LogP contribution in [0.4, 0.5) is 0 Å². The first-order chi connectivity index (χ1) is 9.54. The van der Waals surface area contributed by atoms with Crippen LogP contribution in [-0.4, -0.2) is 56.6 Å². The maximum Gasteiger partial charge on any atom is 0.484 e. The van der Waals surface area contributed by atoms with Crippen molar-refractivity contribution in [2.75, 3.05) is 26.4 Å². The number of rotatable bonds is 9. The first-order valence-corrected chi connectivity index (χ1v) is 16.5. The monoisotopic (exact) mass is 353 g/mol. The number of hydrogen-bond acceptors (Lipinski definition) is 4. The van der Waals surface area contributed by atoms with E-state index in [-0.39, 0.29) is 0 Å². The molecule has 0 radical (unpaired) electrons. The molecule has 0 rings (SSSR count). The van der Waals surface area contributed by atoms with Crippen molar-refractivity contribution >= 4 is 26.0 Å². The van der Waals surface area contributed by atoms with E-state index in [9.17, 15) is 0 Å². The van der Waals surface area contributed by atoms with Crippen molar-refractivity contribution in [2.24, 2.45) is 0 Å². The van der Waals surface area contributed by atoms with Crippen LogP contribution in [0.25, 0.3) is 0 Å². The third-order valence-corrected chi connectivity index (χ3v) is 12.6. The molecular weight excluding hydrogens is 314 g/mol. The quantitative estimate of drug-likeness (QED) is 0.590. The first kappa shape index (κ1) is 23.8.